The lowest BCUT2D eigenvalue weighted by Crippen LogP contribution is -2.28. The lowest BCUT2D eigenvalue weighted by Gasteiger charge is -2.15. The van der Waals surface area contributed by atoms with Gasteiger partial charge in [-0.3, -0.25) is 9.59 Å². The number of unbranched alkanes of at least 4 members (excludes halogenated alkanes) is 17. The van der Waals surface area contributed by atoms with Crippen molar-refractivity contribution in [3.63, 3.8) is 0 Å². The number of hydrogen-bond acceptors (Lipinski definition) is 5. The highest BCUT2D eigenvalue weighted by Crippen LogP contribution is 2.12. The summed E-state index contributed by atoms with van der Waals surface area (Å²) >= 11 is 0. The molecule has 0 aromatic rings. The van der Waals surface area contributed by atoms with E-state index in [2.05, 4.69) is 26.0 Å². The Morgan fingerprint density at radius 3 is 1.53 bits per heavy atom. The Kier molecular flexibility index (Phi) is 27.1. The average molecular weight is 511 g/mol. The van der Waals surface area contributed by atoms with Crippen LogP contribution in [0, 0.1) is 0 Å². The van der Waals surface area contributed by atoms with E-state index in [1.54, 1.807) is 0 Å². The Morgan fingerprint density at radius 1 is 0.611 bits per heavy atom. The van der Waals surface area contributed by atoms with Gasteiger partial charge in [0.15, 0.2) is 6.10 Å². The highest BCUT2D eigenvalue weighted by molar-refractivity contribution is 5.70. The summed E-state index contributed by atoms with van der Waals surface area (Å²) in [7, 11) is 0. The molecule has 212 valence electrons. The maximum Gasteiger partial charge on any atom is 0.306 e. The van der Waals surface area contributed by atoms with Gasteiger partial charge in [-0.1, -0.05) is 116 Å². The molecule has 36 heavy (non-hydrogen) atoms. The molecule has 0 spiro atoms. The Morgan fingerprint density at radius 2 is 1.03 bits per heavy atom. The number of allylic oxidation sites excluding steroid dienone is 2. The van der Waals surface area contributed by atoms with E-state index in [9.17, 15) is 14.7 Å². The van der Waals surface area contributed by atoms with Crippen molar-refractivity contribution >= 4 is 11.9 Å². The Labute approximate surface area is 222 Å². The molecule has 0 saturated carbocycles. The molecule has 0 aliphatic heterocycles. The maximum atomic E-state index is 12.0. The minimum atomic E-state index is -0.762. The van der Waals surface area contributed by atoms with E-state index in [1.807, 2.05) is 0 Å². The zero-order valence-corrected chi connectivity index (χ0v) is 23.8. The van der Waals surface area contributed by atoms with Crippen molar-refractivity contribution in [2.24, 2.45) is 0 Å². The van der Waals surface area contributed by atoms with Crippen LogP contribution >= 0.6 is 0 Å². The molecular formula is C31H58O5. The minimum Gasteiger partial charge on any atom is -0.462 e. The van der Waals surface area contributed by atoms with Crippen LogP contribution in [-0.2, 0) is 19.1 Å². The topological polar surface area (TPSA) is 72.8 Å². The summed E-state index contributed by atoms with van der Waals surface area (Å²) in [6, 6.07) is 0. The largest absolute Gasteiger partial charge is 0.462 e. The van der Waals surface area contributed by atoms with Crippen molar-refractivity contribution in [3.8, 4) is 0 Å². The van der Waals surface area contributed by atoms with Gasteiger partial charge in [0.05, 0.1) is 6.61 Å². The monoisotopic (exact) mass is 510 g/mol. The fourth-order valence-corrected chi connectivity index (χ4v) is 4.19. The van der Waals surface area contributed by atoms with Crippen molar-refractivity contribution in [1.82, 2.24) is 0 Å². The summed E-state index contributed by atoms with van der Waals surface area (Å²) in [6.07, 6.45) is 28.8. The molecule has 1 unspecified atom stereocenters. The summed E-state index contributed by atoms with van der Waals surface area (Å²) in [4.78, 5) is 23.7. The number of hydrogen-bond donors (Lipinski definition) is 1. The molecule has 0 fully saturated rings. The Balaban J connectivity index is 3.50. The van der Waals surface area contributed by atoms with Gasteiger partial charge in [0.25, 0.3) is 0 Å². The summed E-state index contributed by atoms with van der Waals surface area (Å²) in [6.45, 7) is 3.99. The predicted octanol–water partition coefficient (Wildman–Crippen LogP) is 8.61. The van der Waals surface area contributed by atoms with Crippen LogP contribution in [0.25, 0.3) is 0 Å². The second-order valence-electron chi connectivity index (χ2n) is 10.2. The fraction of sp³-hybridized carbons (Fsp3) is 0.871. The van der Waals surface area contributed by atoms with Gasteiger partial charge >= 0.3 is 11.9 Å². The second-order valence-corrected chi connectivity index (χ2v) is 10.2. The van der Waals surface area contributed by atoms with E-state index in [4.69, 9.17) is 9.47 Å². The fourth-order valence-electron chi connectivity index (χ4n) is 4.19. The number of ether oxygens (including phenoxy) is 2. The third-order valence-corrected chi connectivity index (χ3v) is 6.56. The van der Waals surface area contributed by atoms with Crippen LogP contribution < -0.4 is 0 Å². The van der Waals surface area contributed by atoms with E-state index in [-0.39, 0.29) is 25.2 Å². The van der Waals surface area contributed by atoms with Crippen LogP contribution in [0.5, 0.6) is 0 Å². The zero-order valence-electron chi connectivity index (χ0n) is 23.8. The van der Waals surface area contributed by atoms with Crippen molar-refractivity contribution in [1.29, 1.82) is 0 Å². The highest BCUT2D eigenvalue weighted by atomic mass is 16.6. The van der Waals surface area contributed by atoms with E-state index in [0.717, 1.165) is 44.9 Å². The van der Waals surface area contributed by atoms with Gasteiger partial charge in [-0.2, -0.15) is 0 Å². The molecule has 0 aliphatic rings. The van der Waals surface area contributed by atoms with E-state index < -0.39 is 6.10 Å². The summed E-state index contributed by atoms with van der Waals surface area (Å²) in [5, 5.41) is 9.39. The number of carbonyl (C=O) groups is 2. The molecule has 0 aliphatic carbocycles. The molecule has 0 heterocycles. The highest BCUT2D eigenvalue weighted by Gasteiger charge is 2.16. The molecule has 0 radical (unpaired) electrons. The van der Waals surface area contributed by atoms with E-state index >= 15 is 0 Å². The van der Waals surface area contributed by atoms with E-state index in [0.29, 0.717) is 12.8 Å². The summed E-state index contributed by atoms with van der Waals surface area (Å²) in [5.74, 6) is -0.614. The van der Waals surface area contributed by atoms with Gasteiger partial charge in [-0.25, -0.2) is 0 Å². The van der Waals surface area contributed by atoms with Gasteiger partial charge in [0.2, 0.25) is 0 Å². The summed E-state index contributed by atoms with van der Waals surface area (Å²) in [5.41, 5.74) is 0. The Hall–Kier alpha value is -1.36. The van der Waals surface area contributed by atoms with Crippen molar-refractivity contribution < 1.29 is 24.2 Å². The lowest BCUT2D eigenvalue weighted by molar-refractivity contribution is -0.161. The zero-order chi connectivity index (χ0) is 26.5. The maximum absolute atomic E-state index is 12.0. The van der Waals surface area contributed by atoms with Gasteiger partial charge in [-0.05, 0) is 38.5 Å². The van der Waals surface area contributed by atoms with E-state index in [1.165, 1.54) is 83.5 Å². The third kappa shape index (κ3) is 25.7. The first kappa shape index (κ1) is 34.6. The van der Waals surface area contributed by atoms with Gasteiger partial charge in [0, 0.05) is 12.8 Å². The number of aliphatic hydroxyl groups excluding tert-OH is 1. The molecule has 0 bridgehead atoms. The van der Waals surface area contributed by atoms with Crippen molar-refractivity contribution in [2.45, 2.75) is 161 Å². The van der Waals surface area contributed by atoms with Crippen LogP contribution in [0.15, 0.2) is 12.2 Å². The number of carbonyl (C=O) groups excluding carboxylic acids is 2. The van der Waals surface area contributed by atoms with Crippen LogP contribution in [0.1, 0.15) is 155 Å². The molecule has 5 heteroatoms. The number of aliphatic hydroxyl groups is 1. The lowest BCUT2D eigenvalue weighted by atomic mass is 10.1. The summed E-state index contributed by atoms with van der Waals surface area (Å²) < 4.78 is 10.4. The minimum absolute atomic E-state index is 0.0663. The molecule has 1 atom stereocenters. The van der Waals surface area contributed by atoms with Crippen LogP contribution in [0.3, 0.4) is 0 Å². The first-order chi connectivity index (χ1) is 17.6. The van der Waals surface area contributed by atoms with Crippen molar-refractivity contribution in [3.05, 3.63) is 12.2 Å². The smallest absolute Gasteiger partial charge is 0.306 e. The SMILES string of the molecule is CCCCCCCCC/C=C\CCCCCCCCCC(=O)OC(CO)COC(=O)CCCCCC. The molecular weight excluding hydrogens is 452 g/mol. The number of esters is 2. The predicted molar refractivity (Wildman–Crippen MR) is 150 cm³/mol. The molecule has 0 saturated heterocycles. The second kappa shape index (κ2) is 28.2. The molecule has 0 aromatic carbocycles. The molecule has 5 nitrogen and oxygen atoms in total. The van der Waals surface area contributed by atoms with Crippen LogP contribution in [0.4, 0.5) is 0 Å². The first-order valence-electron chi connectivity index (χ1n) is 15.2. The average Bonchev–Trinajstić information content (AvgIpc) is 2.88. The number of rotatable bonds is 27. The molecule has 0 rings (SSSR count). The molecule has 1 N–H and O–H groups in total. The quantitative estimate of drug-likeness (QED) is 0.0680. The molecule has 0 amide bonds. The first-order valence-corrected chi connectivity index (χ1v) is 15.2. The third-order valence-electron chi connectivity index (χ3n) is 6.56. The van der Waals surface area contributed by atoms with Crippen molar-refractivity contribution in [2.75, 3.05) is 13.2 Å². The Bertz CT molecular complexity index is 517. The molecule has 0 aromatic heterocycles. The van der Waals surface area contributed by atoms with Gasteiger partial charge in [0.1, 0.15) is 6.61 Å². The van der Waals surface area contributed by atoms with Gasteiger partial charge < -0.3 is 14.6 Å². The van der Waals surface area contributed by atoms with Gasteiger partial charge in [-0.15, -0.1) is 0 Å². The van der Waals surface area contributed by atoms with Crippen LogP contribution in [0.2, 0.25) is 0 Å². The standard InChI is InChI=1S/C31H58O5/c1-3-5-7-9-10-11-12-13-14-15-16-17-18-19-20-21-22-24-26-31(34)36-29(27-32)28-35-30(33)25-23-8-6-4-2/h14-15,29,32H,3-13,16-28H2,1-2H3/b15-14-. The van der Waals surface area contributed by atoms with Crippen LogP contribution in [-0.4, -0.2) is 36.4 Å². The normalized spacial score (nSPS) is 12.2.